The van der Waals surface area contributed by atoms with Crippen molar-refractivity contribution in [1.82, 2.24) is 15.5 Å². The number of hydrogen-bond acceptors (Lipinski definition) is 6. The fourth-order valence-electron chi connectivity index (χ4n) is 2.61. The second-order valence-electron chi connectivity index (χ2n) is 6.21. The predicted molar refractivity (Wildman–Crippen MR) is 87.8 cm³/mol. The third-order valence-corrected chi connectivity index (χ3v) is 3.97. The van der Waals surface area contributed by atoms with Crippen molar-refractivity contribution < 1.29 is 34.2 Å². The summed E-state index contributed by atoms with van der Waals surface area (Å²) in [6, 6.07) is -4.22. The van der Waals surface area contributed by atoms with Crippen LogP contribution in [-0.2, 0) is 24.0 Å². The Bertz CT molecular complexity index is 593. The van der Waals surface area contributed by atoms with Gasteiger partial charge in [0.1, 0.15) is 18.1 Å². The highest BCUT2D eigenvalue weighted by Gasteiger charge is 2.36. The highest BCUT2D eigenvalue weighted by Crippen LogP contribution is 2.18. The Morgan fingerprint density at radius 1 is 1.15 bits per heavy atom. The van der Waals surface area contributed by atoms with Gasteiger partial charge in [-0.2, -0.15) is 0 Å². The van der Waals surface area contributed by atoms with Crippen LogP contribution in [0.15, 0.2) is 0 Å². The molecule has 1 aliphatic rings. The molecule has 26 heavy (non-hydrogen) atoms. The van der Waals surface area contributed by atoms with Gasteiger partial charge in [-0.1, -0.05) is 0 Å². The van der Waals surface area contributed by atoms with Gasteiger partial charge >= 0.3 is 11.9 Å². The zero-order valence-electron chi connectivity index (χ0n) is 14.6. The number of likely N-dealkylation sites (tertiary alicyclic amines) is 1. The number of carboxylic acid groups (broad SMARTS) is 2. The maximum absolute atomic E-state index is 12.4. The molecule has 4 atom stereocenters. The third-order valence-electron chi connectivity index (χ3n) is 3.97. The Morgan fingerprint density at radius 2 is 1.77 bits per heavy atom. The summed E-state index contributed by atoms with van der Waals surface area (Å²) >= 11 is 0. The second-order valence-corrected chi connectivity index (χ2v) is 6.21. The molecule has 0 radical (unpaired) electrons. The fourth-order valence-corrected chi connectivity index (χ4v) is 2.61. The van der Waals surface area contributed by atoms with E-state index in [1.54, 1.807) is 0 Å². The van der Waals surface area contributed by atoms with Crippen molar-refractivity contribution in [2.75, 3.05) is 6.54 Å². The lowest BCUT2D eigenvalue weighted by molar-refractivity contribution is -0.147. The largest absolute Gasteiger partial charge is 0.481 e. The van der Waals surface area contributed by atoms with Gasteiger partial charge in [0.05, 0.1) is 12.5 Å². The molecule has 3 amide bonds. The summed E-state index contributed by atoms with van der Waals surface area (Å²) in [6.07, 6.45) is 0.257. The molecular formula is C15H24N4O7. The predicted octanol–water partition coefficient (Wildman–Crippen LogP) is -2.13. The van der Waals surface area contributed by atoms with Crippen LogP contribution in [0.3, 0.4) is 0 Å². The van der Waals surface area contributed by atoms with Gasteiger partial charge in [0, 0.05) is 6.54 Å². The molecule has 11 nitrogen and oxygen atoms in total. The number of hydrogen-bond donors (Lipinski definition) is 5. The summed E-state index contributed by atoms with van der Waals surface area (Å²) in [5.74, 6) is -4.64. The Morgan fingerprint density at radius 3 is 2.27 bits per heavy atom. The molecule has 0 bridgehead atoms. The van der Waals surface area contributed by atoms with Gasteiger partial charge in [0.25, 0.3) is 0 Å². The van der Waals surface area contributed by atoms with E-state index >= 15 is 0 Å². The van der Waals surface area contributed by atoms with E-state index in [1.165, 1.54) is 18.7 Å². The first-order valence-electron chi connectivity index (χ1n) is 8.16. The van der Waals surface area contributed by atoms with Gasteiger partial charge in [0.15, 0.2) is 0 Å². The Balaban J connectivity index is 2.67. The average Bonchev–Trinajstić information content (AvgIpc) is 3.02. The van der Waals surface area contributed by atoms with Crippen molar-refractivity contribution in [3.05, 3.63) is 0 Å². The molecular weight excluding hydrogens is 348 g/mol. The van der Waals surface area contributed by atoms with Gasteiger partial charge in [-0.3, -0.25) is 19.2 Å². The number of amides is 3. The van der Waals surface area contributed by atoms with Crippen molar-refractivity contribution in [2.45, 2.75) is 57.3 Å². The van der Waals surface area contributed by atoms with Gasteiger partial charge in [-0.05, 0) is 26.7 Å². The number of nitrogens with zero attached hydrogens (tertiary/aromatic N) is 1. The van der Waals surface area contributed by atoms with E-state index in [4.69, 9.17) is 15.9 Å². The Kier molecular flexibility index (Phi) is 7.50. The fraction of sp³-hybridized carbons (Fsp3) is 0.667. The minimum absolute atomic E-state index is 0.368. The SMILES string of the molecule is CC(N)C(=O)N1CCCC1C(=O)NC(C)C(=O)NC(CC(=O)O)C(=O)O. The Hall–Kier alpha value is -2.69. The van der Waals surface area contributed by atoms with E-state index in [0.29, 0.717) is 19.4 Å². The highest BCUT2D eigenvalue weighted by atomic mass is 16.4. The molecule has 0 aromatic carbocycles. The van der Waals surface area contributed by atoms with Crippen LogP contribution in [0.2, 0.25) is 0 Å². The molecule has 0 aromatic heterocycles. The van der Waals surface area contributed by atoms with E-state index in [9.17, 15) is 24.0 Å². The van der Waals surface area contributed by atoms with E-state index in [-0.39, 0.29) is 5.91 Å². The van der Waals surface area contributed by atoms with Gasteiger partial charge in [0.2, 0.25) is 17.7 Å². The first-order chi connectivity index (χ1) is 12.0. The minimum Gasteiger partial charge on any atom is -0.481 e. The Labute approximate surface area is 149 Å². The quantitative estimate of drug-likeness (QED) is 0.320. The molecule has 1 saturated heterocycles. The van der Waals surface area contributed by atoms with Crippen molar-refractivity contribution in [1.29, 1.82) is 0 Å². The van der Waals surface area contributed by atoms with Crippen LogP contribution < -0.4 is 16.4 Å². The smallest absolute Gasteiger partial charge is 0.326 e. The van der Waals surface area contributed by atoms with Crippen LogP contribution in [0.1, 0.15) is 33.1 Å². The summed E-state index contributed by atoms with van der Waals surface area (Å²) in [4.78, 5) is 59.4. The summed E-state index contributed by atoms with van der Waals surface area (Å²) in [5, 5.41) is 22.1. The molecule has 1 heterocycles. The standard InChI is InChI=1S/C15H24N4O7/c1-7(16)14(24)19-5-3-4-10(19)13(23)17-8(2)12(22)18-9(15(25)26)6-11(20)21/h7-10H,3-6,16H2,1-2H3,(H,17,23)(H,18,22)(H,20,21)(H,25,26). The molecule has 4 unspecified atom stereocenters. The molecule has 6 N–H and O–H groups in total. The number of carbonyl (C=O) groups excluding carboxylic acids is 3. The van der Waals surface area contributed by atoms with Crippen molar-refractivity contribution in [2.24, 2.45) is 5.73 Å². The lowest BCUT2D eigenvalue weighted by atomic mass is 10.1. The molecule has 1 fully saturated rings. The molecule has 1 aliphatic heterocycles. The van der Waals surface area contributed by atoms with Crippen molar-refractivity contribution in [3.63, 3.8) is 0 Å². The molecule has 0 saturated carbocycles. The summed E-state index contributed by atoms with van der Waals surface area (Å²) in [6.45, 7) is 3.23. The third kappa shape index (κ3) is 5.69. The van der Waals surface area contributed by atoms with Gasteiger partial charge in [-0.25, -0.2) is 4.79 Å². The van der Waals surface area contributed by atoms with Crippen LogP contribution in [0.4, 0.5) is 0 Å². The van der Waals surface area contributed by atoms with E-state index < -0.39 is 54.3 Å². The molecule has 146 valence electrons. The molecule has 0 spiro atoms. The van der Waals surface area contributed by atoms with E-state index in [1.807, 2.05) is 0 Å². The molecule has 0 aliphatic carbocycles. The van der Waals surface area contributed by atoms with Crippen LogP contribution >= 0.6 is 0 Å². The first-order valence-corrected chi connectivity index (χ1v) is 8.16. The molecule has 11 heteroatoms. The van der Waals surface area contributed by atoms with Crippen LogP contribution in [0.25, 0.3) is 0 Å². The lowest BCUT2D eigenvalue weighted by Gasteiger charge is -2.26. The van der Waals surface area contributed by atoms with Gasteiger partial charge in [-0.15, -0.1) is 0 Å². The normalized spacial score (nSPS) is 20.0. The summed E-state index contributed by atoms with van der Waals surface area (Å²) in [5.41, 5.74) is 5.56. The van der Waals surface area contributed by atoms with Crippen LogP contribution in [-0.4, -0.2) is 75.5 Å². The minimum atomic E-state index is -1.61. The zero-order chi connectivity index (χ0) is 20.0. The van der Waals surface area contributed by atoms with Crippen molar-refractivity contribution in [3.8, 4) is 0 Å². The number of carbonyl (C=O) groups is 5. The van der Waals surface area contributed by atoms with E-state index in [2.05, 4.69) is 10.6 Å². The van der Waals surface area contributed by atoms with Crippen molar-refractivity contribution >= 4 is 29.7 Å². The summed E-state index contributed by atoms with van der Waals surface area (Å²) in [7, 11) is 0. The molecule has 0 aromatic rings. The lowest BCUT2D eigenvalue weighted by Crippen LogP contribution is -2.55. The summed E-state index contributed by atoms with van der Waals surface area (Å²) < 4.78 is 0. The first kappa shape index (κ1) is 21.4. The molecule has 1 rings (SSSR count). The van der Waals surface area contributed by atoms with E-state index in [0.717, 1.165) is 0 Å². The van der Waals surface area contributed by atoms with Crippen LogP contribution in [0.5, 0.6) is 0 Å². The maximum atomic E-state index is 12.4. The monoisotopic (exact) mass is 372 g/mol. The number of rotatable bonds is 8. The zero-order valence-corrected chi connectivity index (χ0v) is 14.6. The highest BCUT2D eigenvalue weighted by molar-refractivity contribution is 5.94. The number of carboxylic acids is 2. The topological polar surface area (TPSA) is 179 Å². The maximum Gasteiger partial charge on any atom is 0.326 e. The number of aliphatic carboxylic acids is 2. The number of nitrogens with two attached hydrogens (primary N) is 1. The second kappa shape index (κ2) is 9.13. The van der Waals surface area contributed by atoms with Gasteiger partial charge < -0.3 is 31.5 Å². The number of nitrogens with one attached hydrogen (secondary N) is 2. The average molecular weight is 372 g/mol. The van der Waals surface area contributed by atoms with Crippen LogP contribution in [0, 0.1) is 0 Å².